The highest BCUT2D eigenvalue weighted by molar-refractivity contribution is 5.97. The van der Waals surface area contributed by atoms with Gasteiger partial charge in [0.1, 0.15) is 29.7 Å². The van der Waals surface area contributed by atoms with Crippen molar-refractivity contribution in [3.05, 3.63) is 89.8 Å². The lowest BCUT2D eigenvalue weighted by molar-refractivity contribution is -0.156. The number of aryl methyl sites for hydroxylation is 1. The van der Waals surface area contributed by atoms with Crippen molar-refractivity contribution in [1.82, 2.24) is 30.1 Å². The number of likely N-dealkylation sites (tertiary alicyclic amines) is 1. The first kappa shape index (κ1) is 49.8. The van der Waals surface area contributed by atoms with E-state index in [-0.39, 0.29) is 50.6 Å². The zero-order valence-corrected chi connectivity index (χ0v) is 40.2. The van der Waals surface area contributed by atoms with Crippen LogP contribution in [0.3, 0.4) is 0 Å². The maximum Gasteiger partial charge on any atom is 0.324 e. The summed E-state index contributed by atoms with van der Waals surface area (Å²) in [4.78, 5) is 72.0. The number of carbonyl (C=O) groups excluding carboxylic acids is 5. The molecule has 0 saturated carbocycles. The van der Waals surface area contributed by atoms with Crippen molar-refractivity contribution in [1.29, 1.82) is 0 Å². The average Bonchev–Trinajstić information content (AvgIpc) is 3.85. The molecule has 3 aromatic carbocycles. The SMILES string of the molecule is C=CC(=O)N1CCC(O)(C(=O)N(C)[C@H](C(=O)N[C@H]2Cc3cc(O)cc(c3)-c3ccc4c(c3)c(c(-c3c(F)cccc3CCOC)n4CC)CC(C)(C)COC(=O)[C@@H]3CCCN(N3)C2=O)C(C)C)C1. The van der Waals surface area contributed by atoms with Gasteiger partial charge in [-0.1, -0.05) is 58.5 Å². The van der Waals surface area contributed by atoms with Crippen molar-refractivity contribution in [2.24, 2.45) is 11.3 Å². The third-order valence-electron chi connectivity index (χ3n) is 13.5. The van der Waals surface area contributed by atoms with Gasteiger partial charge in [-0.3, -0.25) is 29.0 Å². The predicted molar refractivity (Wildman–Crippen MR) is 255 cm³/mol. The van der Waals surface area contributed by atoms with E-state index in [1.807, 2.05) is 51.1 Å². The lowest BCUT2D eigenvalue weighted by Gasteiger charge is -2.37. The Hall–Kier alpha value is -6.10. The van der Waals surface area contributed by atoms with Crippen LogP contribution in [-0.4, -0.2) is 130 Å². The number of phenols is 1. The second-order valence-corrected chi connectivity index (χ2v) is 19.6. The van der Waals surface area contributed by atoms with Gasteiger partial charge in [0.05, 0.1) is 25.5 Å². The number of nitrogens with one attached hydrogen (secondary N) is 2. The second kappa shape index (κ2) is 20.2. The number of cyclic esters (lactones) is 1. The molecular formula is C52H65FN6O9. The fourth-order valence-corrected chi connectivity index (χ4v) is 10.2. The van der Waals surface area contributed by atoms with Crippen LogP contribution in [0.2, 0.25) is 0 Å². The van der Waals surface area contributed by atoms with Crippen LogP contribution in [0.5, 0.6) is 5.75 Å². The second-order valence-electron chi connectivity index (χ2n) is 19.6. The molecule has 3 aliphatic rings. The molecule has 4 amide bonds. The Morgan fingerprint density at radius 2 is 1.87 bits per heavy atom. The number of hydrogen-bond donors (Lipinski definition) is 4. The molecule has 6 bridgehead atoms. The largest absolute Gasteiger partial charge is 0.508 e. The minimum absolute atomic E-state index is 0.0127. The molecular weight excluding hydrogens is 872 g/mol. The topological polar surface area (TPSA) is 183 Å². The third-order valence-corrected chi connectivity index (χ3v) is 13.5. The van der Waals surface area contributed by atoms with E-state index < -0.39 is 64.7 Å². The smallest absolute Gasteiger partial charge is 0.324 e. The van der Waals surface area contributed by atoms with E-state index in [1.54, 1.807) is 33.1 Å². The lowest BCUT2D eigenvalue weighted by atomic mass is 9.83. The summed E-state index contributed by atoms with van der Waals surface area (Å²) in [5, 5.41) is 27.9. The van der Waals surface area contributed by atoms with E-state index in [2.05, 4.69) is 21.9 Å². The summed E-state index contributed by atoms with van der Waals surface area (Å²) in [6.45, 7) is 14.0. The minimum atomic E-state index is -1.94. The Morgan fingerprint density at radius 1 is 1.10 bits per heavy atom. The monoisotopic (exact) mass is 936 g/mol. The molecule has 3 aliphatic heterocycles. The fourth-order valence-electron chi connectivity index (χ4n) is 10.2. The standard InChI is InChI=1S/C52H65FN6O9/c1-9-43(61)57-21-19-52(66,29-57)50(65)56(7)45(31(3)4)47(62)54-41-25-32-23-35(26-36(60)24-32)34-16-17-42-37(27-34)38(46(58(42)10-2)44-33(18-22-67-8)13-11-14-39(44)53)28-51(5,6)30-68-49(64)40-15-12-20-59(55-40)48(41)63/h9,11,13-14,16-17,23-24,26-27,31,40-41,45,55,60,66H,1,10,12,15,18-22,25,28-30H2,2-8H3,(H,54,62)/t40-,41-,45-,52?/m0/s1. The molecule has 0 radical (unpaired) electrons. The van der Waals surface area contributed by atoms with Crippen molar-refractivity contribution in [3.63, 3.8) is 0 Å². The highest BCUT2D eigenvalue weighted by Gasteiger charge is 2.48. The summed E-state index contributed by atoms with van der Waals surface area (Å²) in [5.74, 6) is -3.88. The van der Waals surface area contributed by atoms with Gasteiger partial charge in [-0.05, 0) is 103 Å². The Balaban J connectivity index is 1.32. The van der Waals surface area contributed by atoms with Crippen LogP contribution in [-0.2, 0) is 59.3 Å². The summed E-state index contributed by atoms with van der Waals surface area (Å²) >= 11 is 0. The number of esters is 1. The number of aliphatic hydroxyl groups is 1. The zero-order chi connectivity index (χ0) is 49.2. The number of fused-ring (bicyclic) bond motifs is 6. The van der Waals surface area contributed by atoms with Gasteiger partial charge in [0, 0.05) is 68.5 Å². The number of amides is 4. The number of phenolic OH excluding ortho intramolecular Hbond substituents is 1. The molecule has 1 unspecified atom stereocenters. The number of β-amino-alcohol motifs (C(OH)–C–C–N with tert-alkyl or cyclic N) is 1. The number of halogens is 1. The van der Waals surface area contributed by atoms with Crippen LogP contribution in [0.1, 0.15) is 70.6 Å². The fraction of sp³-hybridized carbons (Fsp3) is 0.481. The molecule has 4 atom stereocenters. The van der Waals surface area contributed by atoms with E-state index in [9.17, 15) is 34.2 Å². The summed E-state index contributed by atoms with van der Waals surface area (Å²) in [6.07, 6.45) is 2.69. The van der Waals surface area contributed by atoms with Gasteiger partial charge < -0.3 is 39.4 Å². The molecule has 1 aromatic heterocycles. The van der Waals surface area contributed by atoms with Gasteiger partial charge in [0.15, 0.2) is 5.60 Å². The van der Waals surface area contributed by atoms with Crippen LogP contribution in [0.4, 0.5) is 4.39 Å². The minimum Gasteiger partial charge on any atom is -0.508 e. The molecule has 2 fully saturated rings. The summed E-state index contributed by atoms with van der Waals surface area (Å²) in [5.41, 5.74) is 6.08. The molecule has 0 spiro atoms. The quantitative estimate of drug-likeness (QED) is 0.114. The number of benzene rings is 3. The van der Waals surface area contributed by atoms with E-state index in [1.165, 1.54) is 34.0 Å². The molecule has 68 heavy (non-hydrogen) atoms. The number of nitrogens with zero attached hydrogens (tertiary/aromatic N) is 4. The summed E-state index contributed by atoms with van der Waals surface area (Å²) < 4.78 is 30.0. The van der Waals surface area contributed by atoms with Gasteiger partial charge in [0.25, 0.3) is 11.8 Å². The van der Waals surface area contributed by atoms with E-state index in [0.717, 1.165) is 39.4 Å². The lowest BCUT2D eigenvalue weighted by Crippen LogP contribution is -2.63. The molecule has 16 heteroatoms. The Morgan fingerprint density at radius 3 is 2.57 bits per heavy atom. The molecule has 15 nitrogen and oxygen atoms in total. The van der Waals surface area contributed by atoms with Crippen LogP contribution >= 0.6 is 0 Å². The number of aromatic hydroxyl groups is 1. The normalized spacial score (nSPS) is 21.3. The number of hydrazine groups is 1. The van der Waals surface area contributed by atoms with Crippen LogP contribution in [0.15, 0.2) is 67.3 Å². The summed E-state index contributed by atoms with van der Waals surface area (Å²) in [7, 11) is 3.03. The molecule has 2 saturated heterocycles. The van der Waals surface area contributed by atoms with Gasteiger partial charge in [-0.15, -0.1) is 0 Å². The van der Waals surface area contributed by atoms with Gasteiger partial charge in [-0.2, -0.15) is 0 Å². The van der Waals surface area contributed by atoms with Crippen LogP contribution < -0.4 is 10.7 Å². The molecule has 364 valence electrons. The molecule has 7 rings (SSSR count). The van der Waals surface area contributed by atoms with Gasteiger partial charge >= 0.3 is 5.97 Å². The predicted octanol–water partition coefficient (Wildman–Crippen LogP) is 5.31. The molecule has 0 aliphatic carbocycles. The molecule has 4 N–H and O–H groups in total. The first-order chi connectivity index (χ1) is 32.3. The number of likely N-dealkylation sites (N-methyl/N-ethyl adjacent to an activating group) is 1. The zero-order valence-electron chi connectivity index (χ0n) is 40.2. The van der Waals surface area contributed by atoms with Crippen molar-refractivity contribution >= 4 is 40.5 Å². The molecule has 4 heterocycles. The maximum atomic E-state index is 16.4. The summed E-state index contributed by atoms with van der Waals surface area (Å²) in [6, 6.07) is 12.7. The number of aromatic nitrogens is 1. The number of ether oxygens (including phenoxy) is 2. The maximum absolute atomic E-state index is 16.4. The number of carbonyl (C=O) groups is 5. The number of rotatable bonds is 11. The Kier molecular flexibility index (Phi) is 14.8. The Bertz CT molecular complexity index is 2610. The van der Waals surface area contributed by atoms with E-state index in [0.29, 0.717) is 55.5 Å². The van der Waals surface area contributed by atoms with Crippen molar-refractivity contribution in [3.8, 4) is 28.1 Å². The van der Waals surface area contributed by atoms with Crippen LogP contribution in [0, 0.1) is 17.2 Å². The first-order valence-electron chi connectivity index (χ1n) is 23.5. The number of methoxy groups -OCH3 is 1. The van der Waals surface area contributed by atoms with E-state index >= 15 is 4.39 Å². The van der Waals surface area contributed by atoms with Gasteiger partial charge in [-0.25, -0.2) is 9.82 Å². The first-order valence-corrected chi connectivity index (χ1v) is 23.5. The molecule has 4 aromatic rings. The highest BCUT2D eigenvalue weighted by Crippen LogP contribution is 2.42. The average molecular weight is 937 g/mol. The van der Waals surface area contributed by atoms with Crippen LogP contribution in [0.25, 0.3) is 33.3 Å². The number of hydrogen-bond acceptors (Lipinski definition) is 10. The van der Waals surface area contributed by atoms with Crippen molar-refractivity contribution in [2.45, 2.75) is 103 Å². The Labute approximate surface area is 397 Å². The van der Waals surface area contributed by atoms with E-state index in [4.69, 9.17) is 9.47 Å². The third kappa shape index (κ3) is 10.2. The van der Waals surface area contributed by atoms with Crippen molar-refractivity contribution < 1.29 is 48.0 Å². The highest BCUT2D eigenvalue weighted by atomic mass is 19.1. The van der Waals surface area contributed by atoms with Crippen molar-refractivity contribution in [2.75, 3.05) is 47.0 Å². The van der Waals surface area contributed by atoms with Gasteiger partial charge in [0.2, 0.25) is 11.8 Å².